The summed E-state index contributed by atoms with van der Waals surface area (Å²) in [5.41, 5.74) is 0. The van der Waals surface area contributed by atoms with Crippen molar-refractivity contribution in [1.29, 1.82) is 0 Å². The molecule has 0 aliphatic rings. The molecule has 2 amide bonds. The number of rotatable bonds is 88. The van der Waals surface area contributed by atoms with Gasteiger partial charge in [0.1, 0.15) is 18.6 Å². The third kappa shape index (κ3) is 80.5. The molecule has 14 heteroatoms. The molecule has 0 radical (unpaired) electrons. The first-order valence-electron chi connectivity index (χ1n) is 45.6. The molecule has 0 aliphatic heterocycles. The van der Waals surface area contributed by atoms with Crippen LogP contribution < -0.4 is 10.6 Å². The summed E-state index contributed by atoms with van der Waals surface area (Å²) in [5.74, 6) is 4.59. The second-order valence-corrected chi connectivity index (χ2v) is 36.5. The fourth-order valence-corrected chi connectivity index (χ4v) is 18.7. The van der Waals surface area contributed by atoms with Crippen LogP contribution in [0.1, 0.15) is 459 Å². The molecule has 0 heterocycles. The van der Waals surface area contributed by atoms with Gasteiger partial charge in [-0.3, -0.25) is 19.2 Å². The van der Waals surface area contributed by atoms with Gasteiger partial charge in [-0.05, 0) is 142 Å². The molecule has 0 fully saturated rings. The summed E-state index contributed by atoms with van der Waals surface area (Å²) in [7, 11) is 8.25. The predicted molar refractivity (Wildman–Crippen MR) is 463 cm³/mol. The minimum atomic E-state index is -0.195. The lowest BCUT2D eigenvalue weighted by molar-refractivity contribution is -0.151. The van der Waals surface area contributed by atoms with Gasteiger partial charge in [0.05, 0.1) is 0 Å². The summed E-state index contributed by atoms with van der Waals surface area (Å²) < 4.78 is 12.3. The molecule has 0 aromatic heterocycles. The van der Waals surface area contributed by atoms with Crippen molar-refractivity contribution in [2.45, 2.75) is 471 Å². The highest BCUT2D eigenvalue weighted by Crippen LogP contribution is 2.27. The Morgan fingerprint density at radius 1 is 0.252 bits per heavy atom. The Morgan fingerprint density at radius 2 is 0.456 bits per heavy atom. The van der Waals surface area contributed by atoms with Crippen LogP contribution in [0.5, 0.6) is 0 Å². The van der Waals surface area contributed by atoms with Crippen LogP contribution in [0.15, 0.2) is 0 Å². The van der Waals surface area contributed by atoms with Gasteiger partial charge in [0.25, 0.3) is 0 Å². The van der Waals surface area contributed by atoms with Crippen molar-refractivity contribution < 1.29 is 28.7 Å². The van der Waals surface area contributed by atoms with Gasteiger partial charge in [-0.25, -0.2) is 0 Å². The quantitative estimate of drug-likeness (QED) is 0.0261. The Balaban J connectivity index is 5.31. The number of nitrogens with zero attached hydrogens (tertiary/aromatic N) is 2. The molecule has 0 unspecified atom stereocenters. The topological polar surface area (TPSA) is 117 Å². The van der Waals surface area contributed by atoms with Gasteiger partial charge in [-0.15, -0.1) is 0 Å². The average Bonchev–Trinajstić information content (AvgIpc) is 2.09. The average molecular weight is 1530 g/mol. The maximum atomic E-state index is 13.3. The summed E-state index contributed by atoms with van der Waals surface area (Å²) in [6, 6.07) is 0. The molecule has 0 aromatic rings. The van der Waals surface area contributed by atoms with E-state index in [2.05, 4.69) is 105 Å². The second-order valence-electron chi connectivity index (χ2n) is 31.1. The van der Waals surface area contributed by atoms with E-state index in [1.54, 1.807) is 0 Å². The zero-order chi connectivity index (χ0) is 74.7. The summed E-state index contributed by atoms with van der Waals surface area (Å²) in [6.45, 7) is 20.4. The molecule has 2 N–H and O–H groups in total. The minimum Gasteiger partial charge on any atom is -0.462 e. The van der Waals surface area contributed by atoms with Crippen molar-refractivity contribution in [3.05, 3.63) is 0 Å². The van der Waals surface area contributed by atoms with Gasteiger partial charge in [0.2, 0.25) is 11.8 Å². The van der Waals surface area contributed by atoms with Gasteiger partial charge in [0, 0.05) is 62.0 Å². The van der Waals surface area contributed by atoms with E-state index in [1.807, 2.05) is 0 Å². The smallest absolute Gasteiger partial charge is 0.306 e. The third-order valence-electron chi connectivity index (χ3n) is 20.9. The summed E-state index contributed by atoms with van der Waals surface area (Å²) in [6.07, 6.45) is 78.5. The van der Waals surface area contributed by atoms with E-state index < -0.39 is 0 Å². The van der Waals surface area contributed by atoms with Crippen LogP contribution in [-0.2, 0) is 28.7 Å². The first-order valence-corrected chi connectivity index (χ1v) is 50.6. The number of ether oxygens (including phenoxy) is 2. The summed E-state index contributed by atoms with van der Waals surface area (Å²) in [5, 5.41) is 6.24. The molecule has 0 rings (SSSR count). The third-order valence-corrected chi connectivity index (χ3v) is 26.0. The molecule has 0 atom stereocenters. The normalized spacial score (nSPS) is 11.7. The van der Waals surface area contributed by atoms with Crippen molar-refractivity contribution in [3.8, 4) is 0 Å². The van der Waals surface area contributed by atoms with Gasteiger partial charge < -0.3 is 29.9 Å². The molecule has 0 saturated carbocycles. The first kappa shape index (κ1) is 102. The lowest BCUT2D eigenvalue weighted by Crippen LogP contribution is -2.40. The van der Waals surface area contributed by atoms with Crippen molar-refractivity contribution in [1.82, 2.24) is 20.4 Å². The fourth-order valence-electron chi connectivity index (χ4n) is 14.1. The van der Waals surface area contributed by atoms with E-state index in [0.29, 0.717) is 25.9 Å². The number of nitrogens with one attached hydrogen (secondary N) is 2. The highest BCUT2D eigenvalue weighted by molar-refractivity contribution is 8.77. The van der Waals surface area contributed by atoms with Crippen molar-refractivity contribution in [2.75, 3.05) is 75.4 Å². The zero-order valence-corrected chi connectivity index (χ0v) is 72.8. The molecule has 612 valence electrons. The van der Waals surface area contributed by atoms with Crippen LogP contribution in [0.4, 0.5) is 0 Å². The number of amides is 2. The van der Waals surface area contributed by atoms with Crippen molar-refractivity contribution in [3.63, 3.8) is 0 Å². The Hall–Kier alpha value is -0.800. The molecule has 103 heavy (non-hydrogen) atoms. The van der Waals surface area contributed by atoms with E-state index in [-0.39, 0.29) is 42.4 Å². The van der Waals surface area contributed by atoms with Crippen LogP contribution in [-0.4, -0.2) is 121 Å². The minimum absolute atomic E-state index is 0.00608. The fraction of sp³-hybridized carbons (Fsp3) is 0.955. The van der Waals surface area contributed by atoms with Gasteiger partial charge in [-0.1, -0.05) is 367 Å². The Labute approximate surface area is 658 Å². The molecule has 0 spiro atoms. The van der Waals surface area contributed by atoms with Crippen molar-refractivity contribution >= 4 is 66.9 Å². The summed E-state index contributed by atoms with van der Waals surface area (Å²) in [4.78, 5) is 57.9. The van der Waals surface area contributed by atoms with Gasteiger partial charge >= 0.3 is 11.9 Å². The molecule has 10 nitrogen and oxygen atoms in total. The van der Waals surface area contributed by atoms with Gasteiger partial charge in [-0.2, -0.15) is 0 Å². The monoisotopic (exact) mass is 1530 g/mol. The second kappa shape index (κ2) is 86.8. The molecular formula is C89H176N4O6S4. The van der Waals surface area contributed by atoms with E-state index in [1.165, 1.54) is 318 Å². The predicted octanol–water partition coefficient (Wildman–Crippen LogP) is 27.9. The number of carbonyl (C=O) groups excluding carboxylic acids is 4. The van der Waals surface area contributed by atoms with Crippen LogP contribution in [0, 0.1) is 0 Å². The van der Waals surface area contributed by atoms with Crippen LogP contribution >= 0.6 is 43.2 Å². The molecule has 0 saturated heterocycles. The van der Waals surface area contributed by atoms with Crippen LogP contribution in [0.3, 0.4) is 0 Å². The lowest BCUT2D eigenvalue weighted by atomic mass is 10.0. The van der Waals surface area contributed by atoms with E-state index in [4.69, 9.17) is 9.47 Å². The SMILES string of the molecule is CCCCCCCCCCCSSCCCCCN(CCCCCCCC(=O)OC(CCCCCCCC)CCCCCCCC)CCNC(=O)CC(=O)NCCN(CCCCCCCC(=O)OC(CCCCCCCC)CCCCCCCC)CCCCCSSCCCCCCCCCCC. The Morgan fingerprint density at radius 3 is 0.709 bits per heavy atom. The number of esters is 2. The molecule has 0 bridgehead atoms. The van der Waals surface area contributed by atoms with Gasteiger partial charge in [0.15, 0.2) is 0 Å². The van der Waals surface area contributed by atoms with Crippen LogP contribution in [0.25, 0.3) is 0 Å². The summed E-state index contributed by atoms with van der Waals surface area (Å²) >= 11 is 0. The first-order chi connectivity index (χ1) is 50.7. The number of hydrogen-bond acceptors (Lipinski definition) is 12. The van der Waals surface area contributed by atoms with E-state index >= 15 is 0 Å². The van der Waals surface area contributed by atoms with E-state index in [9.17, 15) is 19.2 Å². The number of unbranched alkanes of at least 4 members (excludes halogenated alkanes) is 48. The molecular weight excluding hydrogens is 1350 g/mol. The Bertz CT molecular complexity index is 1590. The number of carbonyl (C=O) groups is 4. The number of hydrogen-bond donors (Lipinski definition) is 2. The molecule has 0 aliphatic carbocycles. The molecule has 0 aromatic carbocycles. The lowest BCUT2D eigenvalue weighted by Gasteiger charge is -2.23. The maximum absolute atomic E-state index is 13.3. The maximum Gasteiger partial charge on any atom is 0.306 e. The standard InChI is InChI=1S/C89H176N4O6S4/c1-7-13-19-25-31-33-35-47-61-79-100-102-81-63-49-59-75-92(73-57-45-37-43-55-69-88(96)98-84(65-51-39-27-21-15-9-3)66-52-40-28-22-16-10-4)77-71-90-86(94)83-87(95)91-72-78-93(76-60-50-64-82-103-101-80-62-48-36-34-32-26-20-14-8-2)74-58-46-38-44-56-70-89(97)99-85(67-53-41-29-23-17-11-5)68-54-42-30-24-18-12-6/h84-85H,7-83H2,1-6H3,(H,90,94)(H,91,95). The van der Waals surface area contributed by atoms with Crippen molar-refractivity contribution in [2.24, 2.45) is 0 Å². The van der Waals surface area contributed by atoms with E-state index in [0.717, 1.165) is 142 Å². The highest BCUT2D eigenvalue weighted by Gasteiger charge is 2.18. The highest BCUT2D eigenvalue weighted by atomic mass is 33.1. The van der Waals surface area contributed by atoms with Crippen LogP contribution in [0.2, 0.25) is 0 Å². The Kier molecular flexibility index (Phi) is 86.1. The largest absolute Gasteiger partial charge is 0.462 e. The zero-order valence-electron chi connectivity index (χ0n) is 69.6.